The standard InChI is InChI=1S/C9H17.BrH.Mg/c1-8(2)6-5-7-9(3)4;;/h8H,1,3,5-7H2,2,4H3;1H;/q-1;;+2/p-1. The zero-order valence-electron chi connectivity index (χ0n) is 7.70. The molecule has 0 aromatic rings. The topological polar surface area (TPSA) is 0 Å². The third kappa shape index (κ3) is 18.2. The van der Waals surface area contributed by atoms with Crippen LogP contribution in [0, 0.1) is 12.8 Å². The number of rotatable bonds is 4. The van der Waals surface area contributed by atoms with Gasteiger partial charge in [0.25, 0.3) is 0 Å². The average molecular weight is 229 g/mol. The van der Waals surface area contributed by atoms with Gasteiger partial charge >= 0.3 is 23.1 Å². The maximum absolute atomic E-state index is 3.91. The van der Waals surface area contributed by atoms with E-state index in [2.05, 4.69) is 27.4 Å². The molecule has 0 saturated carbocycles. The van der Waals surface area contributed by atoms with Crippen molar-refractivity contribution < 1.29 is 17.0 Å². The van der Waals surface area contributed by atoms with Crippen molar-refractivity contribution in [3.63, 3.8) is 0 Å². The van der Waals surface area contributed by atoms with Gasteiger partial charge in [-0.25, -0.2) is 0 Å². The van der Waals surface area contributed by atoms with E-state index in [0.717, 1.165) is 0 Å². The van der Waals surface area contributed by atoms with Crippen LogP contribution < -0.4 is 17.0 Å². The summed E-state index contributed by atoms with van der Waals surface area (Å²) in [5, 5.41) is 0. The van der Waals surface area contributed by atoms with Crippen LogP contribution in [-0.4, -0.2) is 23.1 Å². The smallest absolute Gasteiger partial charge is 1.00 e. The fourth-order valence-corrected chi connectivity index (χ4v) is 0.752. The van der Waals surface area contributed by atoms with Crippen LogP contribution in [0.4, 0.5) is 0 Å². The monoisotopic (exact) mass is 228 g/mol. The van der Waals surface area contributed by atoms with E-state index in [9.17, 15) is 0 Å². The van der Waals surface area contributed by atoms with E-state index in [1.54, 1.807) is 0 Å². The molecule has 1 unspecified atom stereocenters. The molecular weight excluding hydrogens is 212 g/mol. The van der Waals surface area contributed by atoms with Gasteiger partial charge in [0.2, 0.25) is 0 Å². The molecule has 0 N–H and O–H groups in total. The summed E-state index contributed by atoms with van der Waals surface area (Å²) in [6, 6.07) is 0. The van der Waals surface area contributed by atoms with Gasteiger partial charge in [0, 0.05) is 0 Å². The Morgan fingerprint density at radius 2 is 2.00 bits per heavy atom. The molecule has 2 heteroatoms. The Bertz CT molecular complexity index is 89.6. The number of halogens is 1. The first-order chi connectivity index (χ1) is 4.13. The van der Waals surface area contributed by atoms with Crippen molar-refractivity contribution in [2.24, 2.45) is 5.92 Å². The van der Waals surface area contributed by atoms with Gasteiger partial charge in [0.05, 0.1) is 0 Å². The molecule has 0 radical (unpaired) electrons. The molecule has 0 aromatic carbocycles. The molecular formula is C9H17BrMg. The van der Waals surface area contributed by atoms with Crippen molar-refractivity contribution in [3.05, 3.63) is 19.1 Å². The molecule has 11 heavy (non-hydrogen) atoms. The zero-order chi connectivity index (χ0) is 7.28. The Morgan fingerprint density at radius 3 is 2.27 bits per heavy atom. The van der Waals surface area contributed by atoms with Crippen molar-refractivity contribution >= 4 is 23.1 Å². The van der Waals surface area contributed by atoms with E-state index >= 15 is 0 Å². The summed E-state index contributed by atoms with van der Waals surface area (Å²) < 4.78 is 0. The Hall–Kier alpha value is 0.986. The Labute approximate surface area is 97.8 Å². The molecule has 0 aliphatic heterocycles. The van der Waals surface area contributed by atoms with Crippen molar-refractivity contribution in [1.82, 2.24) is 0 Å². The summed E-state index contributed by atoms with van der Waals surface area (Å²) in [5.41, 5.74) is 1.29. The minimum absolute atomic E-state index is 0. The molecule has 0 fully saturated rings. The Balaban J connectivity index is -0.000000320. The molecule has 62 valence electrons. The fourth-order valence-electron chi connectivity index (χ4n) is 0.752. The summed E-state index contributed by atoms with van der Waals surface area (Å²) in [4.78, 5) is 0. The predicted octanol–water partition coefficient (Wildman–Crippen LogP) is -0.174. The van der Waals surface area contributed by atoms with Gasteiger partial charge in [0.1, 0.15) is 0 Å². The summed E-state index contributed by atoms with van der Waals surface area (Å²) >= 11 is 0. The molecule has 0 saturated heterocycles. The van der Waals surface area contributed by atoms with Crippen LogP contribution in [-0.2, 0) is 0 Å². The minimum Gasteiger partial charge on any atom is -1.00 e. The van der Waals surface area contributed by atoms with Crippen LogP contribution in [0.2, 0.25) is 0 Å². The van der Waals surface area contributed by atoms with Crippen LogP contribution in [0.1, 0.15) is 33.1 Å². The second-order valence-electron chi connectivity index (χ2n) is 2.95. The van der Waals surface area contributed by atoms with Crippen LogP contribution >= 0.6 is 0 Å². The maximum atomic E-state index is 3.91. The van der Waals surface area contributed by atoms with Gasteiger partial charge in [-0.15, -0.1) is 6.58 Å². The number of allylic oxidation sites excluding steroid dienone is 1. The van der Waals surface area contributed by atoms with Crippen molar-refractivity contribution in [1.29, 1.82) is 0 Å². The van der Waals surface area contributed by atoms with Crippen molar-refractivity contribution in [2.75, 3.05) is 0 Å². The summed E-state index contributed by atoms with van der Waals surface area (Å²) in [5.74, 6) is 0.601. The first-order valence-electron chi connectivity index (χ1n) is 3.60. The van der Waals surface area contributed by atoms with E-state index < -0.39 is 0 Å². The number of hydrogen-bond acceptors (Lipinski definition) is 0. The van der Waals surface area contributed by atoms with Gasteiger partial charge < -0.3 is 23.9 Å². The zero-order valence-corrected chi connectivity index (χ0v) is 10.7. The van der Waals surface area contributed by atoms with E-state index in [4.69, 9.17) is 0 Å². The van der Waals surface area contributed by atoms with Crippen molar-refractivity contribution in [3.8, 4) is 0 Å². The quantitative estimate of drug-likeness (QED) is 0.357. The van der Waals surface area contributed by atoms with E-state index in [0.29, 0.717) is 5.92 Å². The SMILES string of the molecule is C=C(C)CCCC([CH2-])C.[Br-].[Mg+2]. The van der Waals surface area contributed by atoms with Gasteiger partial charge in [-0.2, -0.15) is 5.92 Å². The largest absolute Gasteiger partial charge is 2.00 e. The Kier molecular flexibility index (Phi) is 17.9. The molecule has 0 aliphatic rings. The van der Waals surface area contributed by atoms with Crippen LogP contribution in [0.5, 0.6) is 0 Å². The van der Waals surface area contributed by atoms with Crippen LogP contribution in [0.25, 0.3) is 0 Å². The third-order valence-corrected chi connectivity index (χ3v) is 1.30. The second-order valence-corrected chi connectivity index (χ2v) is 2.95. The normalized spacial score (nSPS) is 10.8. The summed E-state index contributed by atoms with van der Waals surface area (Å²) in [6.07, 6.45) is 3.65. The summed E-state index contributed by atoms with van der Waals surface area (Å²) in [7, 11) is 0. The summed E-state index contributed by atoms with van der Waals surface area (Å²) in [6.45, 7) is 12.0. The fraction of sp³-hybridized carbons (Fsp3) is 0.667. The molecule has 0 aromatic heterocycles. The molecule has 0 nitrogen and oxygen atoms in total. The molecule has 0 heterocycles. The molecule has 1 atom stereocenters. The van der Waals surface area contributed by atoms with Crippen LogP contribution in [0.3, 0.4) is 0 Å². The molecule has 0 amide bonds. The van der Waals surface area contributed by atoms with Crippen molar-refractivity contribution in [2.45, 2.75) is 33.1 Å². The minimum atomic E-state index is 0. The van der Waals surface area contributed by atoms with E-state index in [1.165, 1.54) is 24.8 Å². The third-order valence-electron chi connectivity index (χ3n) is 1.30. The molecule has 0 bridgehead atoms. The Morgan fingerprint density at radius 1 is 1.55 bits per heavy atom. The van der Waals surface area contributed by atoms with Gasteiger partial charge in [-0.1, -0.05) is 25.3 Å². The van der Waals surface area contributed by atoms with Crippen LogP contribution in [0.15, 0.2) is 12.2 Å². The van der Waals surface area contributed by atoms with Gasteiger partial charge in [-0.3, -0.25) is 0 Å². The van der Waals surface area contributed by atoms with E-state index in [1.807, 2.05) is 0 Å². The number of hydrogen-bond donors (Lipinski definition) is 0. The molecule has 0 rings (SSSR count). The van der Waals surface area contributed by atoms with Gasteiger partial charge in [0.15, 0.2) is 0 Å². The first-order valence-corrected chi connectivity index (χ1v) is 3.60. The van der Waals surface area contributed by atoms with E-state index in [-0.39, 0.29) is 40.0 Å². The molecule has 0 aliphatic carbocycles. The first kappa shape index (κ1) is 17.9. The average Bonchev–Trinajstić information content (AvgIpc) is 1.63. The maximum Gasteiger partial charge on any atom is 2.00 e. The molecule has 0 spiro atoms. The predicted molar refractivity (Wildman–Crippen MR) is 48.9 cm³/mol. The van der Waals surface area contributed by atoms with Gasteiger partial charge in [-0.05, 0) is 13.3 Å². The second kappa shape index (κ2) is 11.0.